The molecule has 4 nitrogen and oxygen atoms in total. The number of nitrogens with one attached hydrogen (secondary N) is 2. The van der Waals surface area contributed by atoms with Crippen molar-refractivity contribution in [2.24, 2.45) is 5.92 Å². The van der Waals surface area contributed by atoms with Crippen LogP contribution in [0.4, 0.5) is 0 Å². The minimum Gasteiger partial charge on any atom is -0.484 e. The van der Waals surface area contributed by atoms with Crippen molar-refractivity contribution in [1.29, 1.82) is 0 Å². The number of carbonyl (C=O) groups excluding carboxylic acids is 1. The van der Waals surface area contributed by atoms with E-state index < -0.39 is 0 Å². The van der Waals surface area contributed by atoms with Crippen molar-refractivity contribution in [2.45, 2.75) is 63.3 Å². The molecule has 1 aliphatic heterocycles. The van der Waals surface area contributed by atoms with Crippen LogP contribution in [0, 0.1) is 5.92 Å². The van der Waals surface area contributed by atoms with Crippen molar-refractivity contribution >= 4 is 16.7 Å². The molecule has 2 N–H and O–H groups in total. The molecule has 1 aliphatic carbocycles. The molecule has 0 bridgehead atoms. The van der Waals surface area contributed by atoms with Gasteiger partial charge in [0.1, 0.15) is 5.75 Å². The lowest BCUT2D eigenvalue weighted by Crippen LogP contribution is -2.44. The van der Waals surface area contributed by atoms with Crippen LogP contribution in [0.3, 0.4) is 0 Å². The Bertz CT molecular complexity index is 1120. The van der Waals surface area contributed by atoms with Gasteiger partial charge in [-0.2, -0.15) is 0 Å². The van der Waals surface area contributed by atoms with Gasteiger partial charge in [0.05, 0.1) is 0 Å². The second kappa shape index (κ2) is 11.3. The summed E-state index contributed by atoms with van der Waals surface area (Å²) in [6.07, 6.45) is 7.04. The molecule has 3 aromatic rings. The number of fused-ring (bicyclic) bond motifs is 1. The standard InChI is InChI=1S/C31H38N2O2/c1-22(29-8-4-6-25-5-2-3-7-30(25)29)19-23-9-10-26(20-23)24-11-13-28(14-12-24)35-21-31(34)33-27-15-17-32-18-16-27/h2-8,11-14,22-23,26-27,32H,9-10,15-21H2,1H3,(H,33,34)/t22-,23+,26+/m0/s1. The van der Waals surface area contributed by atoms with Crippen LogP contribution in [-0.4, -0.2) is 31.6 Å². The molecule has 0 aromatic heterocycles. The van der Waals surface area contributed by atoms with Crippen LogP contribution in [0.5, 0.6) is 5.75 Å². The Morgan fingerprint density at radius 1 is 0.971 bits per heavy atom. The van der Waals surface area contributed by atoms with E-state index in [1.165, 1.54) is 47.6 Å². The summed E-state index contributed by atoms with van der Waals surface area (Å²) in [6.45, 7) is 4.41. The molecule has 2 fully saturated rings. The average molecular weight is 471 g/mol. The maximum absolute atomic E-state index is 12.2. The molecule has 3 atom stereocenters. The van der Waals surface area contributed by atoms with E-state index in [2.05, 4.69) is 72.2 Å². The van der Waals surface area contributed by atoms with Gasteiger partial charge >= 0.3 is 0 Å². The predicted octanol–water partition coefficient (Wildman–Crippen LogP) is 6.16. The van der Waals surface area contributed by atoms with Crippen molar-refractivity contribution in [1.82, 2.24) is 10.6 Å². The number of ether oxygens (including phenoxy) is 1. The number of rotatable bonds is 8. The van der Waals surface area contributed by atoms with Gasteiger partial charge in [0, 0.05) is 6.04 Å². The monoisotopic (exact) mass is 470 g/mol. The van der Waals surface area contributed by atoms with Gasteiger partial charge in [0.25, 0.3) is 5.91 Å². The van der Waals surface area contributed by atoms with Crippen molar-refractivity contribution in [3.63, 3.8) is 0 Å². The third-order valence-corrected chi connectivity index (χ3v) is 8.01. The van der Waals surface area contributed by atoms with E-state index in [0.29, 0.717) is 11.8 Å². The topological polar surface area (TPSA) is 50.4 Å². The van der Waals surface area contributed by atoms with E-state index in [1.807, 2.05) is 12.1 Å². The minimum absolute atomic E-state index is 0.0278. The van der Waals surface area contributed by atoms with Gasteiger partial charge < -0.3 is 15.4 Å². The molecule has 3 aromatic carbocycles. The molecule has 0 radical (unpaired) electrons. The van der Waals surface area contributed by atoms with Crippen molar-refractivity contribution in [3.8, 4) is 5.75 Å². The van der Waals surface area contributed by atoms with E-state index in [0.717, 1.165) is 37.6 Å². The van der Waals surface area contributed by atoms with Crippen LogP contribution >= 0.6 is 0 Å². The van der Waals surface area contributed by atoms with Gasteiger partial charge in [0.15, 0.2) is 6.61 Å². The molecular formula is C31H38N2O2. The summed E-state index contributed by atoms with van der Waals surface area (Å²) < 4.78 is 5.76. The van der Waals surface area contributed by atoms with E-state index >= 15 is 0 Å². The highest BCUT2D eigenvalue weighted by Gasteiger charge is 2.27. The summed E-state index contributed by atoms with van der Waals surface area (Å²) in [5.41, 5.74) is 2.88. The van der Waals surface area contributed by atoms with Crippen LogP contribution in [0.2, 0.25) is 0 Å². The molecule has 1 saturated heterocycles. The van der Waals surface area contributed by atoms with Crippen LogP contribution in [-0.2, 0) is 4.79 Å². The molecule has 5 rings (SSSR count). The molecule has 1 saturated carbocycles. The van der Waals surface area contributed by atoms with E-state index in [1.54, 1.807) is 0 Å². The zero-order valence-electron chi connectivity index (χ0n) is 20.8. The van der Waals surface area contributed by atoms with Gasteiger partial charge in [-0.1, -0.05) is 61.5 Å². The highest BCUT2D eigenvalue weighted by atomic mass is 16.5. The highest BCUT2D eigenvalue weighted by molar-refractivity contribution is 5.86. The summed E-state index contributed by atoms with van der Waals surface area (Å²) in [5.74, 6) is 2.70. The fourth-order valence-corrected chi connectivity index (χ4v) is 6.12. The highest BCUT2D eigenvalue weighted by Crippen LogP contribution is 2.43. The zero-order valence-corrected chi connectivity index (χ0v) is 20.8. The van der Waals surface area contributed by atoms with Gasteiger partial charge in [-0.05, 0) is 103 Å². The first-order chi connectivity index (χ1) is 17.2. The Morgan fingerprint density at radius 2 is 1.74 bits per heavy atom. The molecule has 184 valence electrons. The van der Waals surface area contributed by atoms with E-state index in [-0.39, 0.29) is 18.6 Å². The van der Waals surface area contributed by atoms with Gasteiger partial charge in [-0.15, -0.1) is 0 Å². The molecule has 35 heavy (non-hydrogen) atoms. The third kappa shape index (κ3) is 6.05. The van der Waals surface area contributed by atoms with Gasteiger partial charge in [0.2, 0.25) is 0 Å². The molecule has 1 amide bonds. The minimum atomic E-state index is -0.0278. The van der Waals surface area contributed by atoms with Crippen LogP contribution in [0.25, 0.3) is 10.8 Å². The summed E-state index contributed by atoms with van der Waals surface area (Å²) in [5, 5.41) is 9.14. The van der Waals surface area contributed by atoms with Crippen LogP contribution < -0.4 is 15.4 Å². The molecule has 1 heterocycles. The van der Waals surface area contributed by atoms with Crippen molar-refractivity contribution in [3.05, 3.63) is 77.9 Å². The molecule has 0 spiro atoms. The fourth-order valence-electron chi connectivity index (χ4n) is 6.12. The number of benzene rings is 3. The Kier molecular flexibility index (Phi) is 7.68. The summed E-state index contributed by atoms with van der Waals surface area (Å²) in [7, 11) is 0. The van der Waals surface area contributed by atoms with E-state index in [4.69, 9.17) is 4.74 Å². The Balaban J connectivity index is 1.11. The Hall–Kier alpha value is -2.85. The first-order valence-electron chi connectivity index (χ1n) is 13.4. The fraction of sp³-hybridized carbons (Fsp3) is 0.452. The second-order valence-electron chi connectivity index (χ2n) is 10.5. The Labute approximate surface area is 209 Å². The number of hydrogen-bond acceptors (Lipinski definition) is 3. The maximum Gasteiger partial charge on any atom is 0.258 e. The van der Waals surface area contributed by atoms with Crippen LogP contribution in [0.1, 0.15) is 68.4 Å². The third-order valence-electron chi connectivity index (χ3n) is 8.01. The summed E-state index contributed by atoms with van der Waals surface area (Å²) >= 11 is 0. The maximum atomic E-state index is 12.2. The SMILES string of the molecule is C[C@@H](C[C@H]1CC[C@@H](c2ccc(OCC(=O)NC3CCNCC3)cc2)C1)c1cccc2ccccc12. The van der Waals surface area contributed by atoms with E-state index in [9.17, 15) is 4.79 Å². The molecule has 4 heteroatoms. The zero-order chi connectivity index (χ0) is 24.0. The summed E-state index contributed by atoms with van der Waals surface area (Å²) in [4.78, 5) is 12.2. The number of piperidine rings is 1. The Morgan fingerprint density at radius 3 is 2.57 bits per heavy atom. The second-order valence-corrected chi connectivity index (χ2v) is 10.5. The quantitative estimate of drug-likeness (QED) is 0.414. The van der Waals surface area contributed by atoms with Crippen molar-refractivity contribution < 1.29 is 9.53 Å². The van der Waals surface area contributed by atoms with Gasteiger partial charge in [-0.3, -0.25) is 4.79 Å². The average Bonchev–Trinajstić information content (AvgIpc) is 3.36. The molecule has 0 unspecified atom stereocenters. The first-order valence-corrected chi connectivity index (χ1v) is 13.4. The number of amides is 1. The van der Waals surface area contributed by atoms with Crippen LogP contribution in [0.15, 0.2) is 66.7 Å². The van der Waals surface area contributed by atoms with Crippen molar-refractivity contribution in [2.75, 3.05) is 19.7 Å². The molecular weight excluding hydrogens is 432 g/mol. The largest absolute Gasteiger partial charge is 0.484 e. The predicted molar refractivity (Wildman–Crippen MR) is 143 cm³/mol. The lowest BCUT2D eigenvalue weighted by atomic mass is 9.86. The molecule has 2 aliphatic rings. The first kappa shape index (κ1) is 23.9. The number of hydrogen-bond donors (Lipinski definition) is 2. The normalized spacial score (nSPS) is 21.6. The number of carbonyl (C=O) groups is 1. The smallest absolute Gasteiger partial charge is 0.258 e. The lowest BCUT2D eigenvalue weighted by molar-refractivity contribution is -0.123. The summed E-state index contributed by atoms with van der Waals surface area (Å²) in [6, 6.07) is 24.2. The lowest BCUT2D eigenvalue weighted by Gasteiger charge is -2.23. The van der Waals surface area contributed by atoms with Gasteiger partial charge in [-0.25, -0.2) is 0 Å².